The zero-order valence-corrected chi connectivity index (χ0v) is 9.29. The molecule has 2 N–H and O–H groups in total. The summed E-state index contributed by atoms with van der Waals surface area (Å²) in [6.45, 7) is 0.187. The van der Waals surface area contributed by atoms with Crippen LogP contribution in [0.5, 0.6) is 5.75 Å². The molecular formula is C12H10N2O4. The topological polar surface area (TPSA) is 92.3 Å². The quantitative estimate of drug-likeness (QED) is 0.841. The first kappa shape index (κ1) is 11.8. The second-order valence-electron chi connectivity index (χ2n) is 3.51. The van der Waals surface area contributed by atoms with Gasteiger partial charge in [0.05, 0.1) is 6.20 Å². The van der Waals surface area contributed by atoms with Crippen LogP contribution >= 0.6 is 0 Å². The van der Waals surface area contributed by atoms with E-state index in [4.69, 9.17) is 9.84 Å². The third kappa shape index (κ3) is 2.54. The molecule has 0 aliphatic carbocycles. The van der Waals surface area contributed by atoms with Crippen molar-refractivity contribution >= 4 is 5.97 Å². The fourth-order valence-electron chi connectivity index (χ4n) is 1.38. The van der Waals surface area contributed by atoms with Crippen molar-refractivity contribution in [1.29, 1.82) is 0 Å². The van der Waals surface area contributed by atoms with E-state index in [1.165, 1.54) is 6.20 Å². The van der Waals surface area contributed by atoms with Gasteiger partial charge in [-0.2, -0.15) is 5.10 Å². The molecule has 2 rings (SSSR count). The number of benzene rings is 1. The highest BCUT2D eigenvalue weighted by molar-refractivity contribution is 5.85. The number of carbonyl (C=O) groups is 1. The van der Waals surface area contributed by atoms with Gasteiger partial charge in [0, 0.05) is 0 Å². The number of nitrogens with zero attached hydrogens (tertiary/aromatic N) is 1. The molecule has 0 saturated heterocycles. The minimum absolute atomic E-state index is 0.0637. The summed E-state index contributed by atoms with van der Waals surface area (Å²) in [4.78, 5) is 22.4. The zero-order chi connectivity index (χ0) is 13.0. The molecule has 0 unspecified atom stereocenters. The van der Waals surface area contributed by atoms with Crippen molar-refractivity contribution in [2.75, 3.05) is 0 Å². The maximum Gasteiger partial charge on any atom is 0.360 e. The van der Waals surface area contributed by atoms with Crippen LogP contribution in [0.3, 0.4) is 0 Å². The van der Waals surface area contributed by atoms with Crippen molar-refractivity contribution in [2.45, 2.75) is 6.61 Å². The summed E-state index contributed by atoms with van der Waals surface area (Å²) < 4.78 is 5.27. The zero-order valence-electron chi connectivity index (χ0n) is 9.29. The molecule has 6 nitrogen and oxygen atoms in total. The minimum Gasteiger partial charge on any atom is -0.483 e. The van der Waals surface area contributed by atoms with E-state index in [2.05, 4.69) is 10.2 Å². The lowest BCUT2D eigenvalue weighted by Gasteiger charge is -2.05. The number of nitrogens with one attached hydrogen (secondary N) is 1. The van der Waals surface area contributed by atoms with Crippen molar-refractivity contribution in [2.24, 2.45) is 0 Å². The van der Waals surface area contributed by atoms with Crippen LogP contribution < -0.4 is 10.2 Å². The monoisotopic (exact) mass is 246 g/mol. The molecule has 1 aromatic heterocycles. The molecular weight excluding hydrogens is 236 g/mol. The van der Waals surface area contributed by atoms with E-state index in [-0.39, 0.29) is 12.4 Å². The van der Waals surface area contributed by atoms with E-state index in [1.54, 1.807) is 0 Å². The molecule has 0 amide bonds. The van der Waals surface area contributed by atoms with Gasteiger partial charge < -0.3 is 9.84 Å². The van der Waals surface area contributed by atoms with Crippen LogP contribution in [0.4, 0.5) is 0 Å². The summed E-state index contributed by atoms with van der Waals surface area (Å²) in [5, 5.41) is 14.4. The number of aromatic nitrogens is 2. The summed E-state index contributed by atoms with van der Waals surface area (Å²) in [7, 11) is 0. The molecule has 0 atom stereocenters. The lowest BCUT2D eigenvalue weighted by molar-refractivity contribution is 0.0686. The fraction of sp³-hybridized carbons (Fsp3) is 0.0833. The number of carboxylic acid groups (broad SMARTS) is 1. The Morgan fingerprint density at radius 2 is 2.06 bits per heavy atom. The molecule has 1 heterocycles. The predicted octanol–water partition coefficient (Wildman–Crippen LogP) is 1.05. The highest BCUT2D eigenvalue weighted by atomic mass is 16.5. The van der Waals surface area contributed by atoms with Crippen LogP contribution in [-0.4, -0.2) is 21.3 Å². The Balaban J connectivity index is 2.18. The Morgan fingerprint density at radius 3 is 2.72 bits per heavy atom. The van der Waals surface area contributed by atoms with Gasteiger partial charge in [-0.05, 0) is 5.56 Å². The molecule has 0 saturated carbocycles. The molecule has 0 radical (unpaired) electrons. The van der Waals surface area contributed by atoms with Crippen molar-refractivity contribution < 1.29 is 14.6 Å². The Bertz CT molecular complexity index is 607. The number of hydrogen-bond acceptors (Lipinski definition) is 4. The van der Waals surface area contributed by atoms with Gasteiger partial charge in [0.15, 0.2) is 5.75 Å². The van der Waals surface area contributed by atoms with Gasteiger partial charge in [-0.25, -0.2) is 4.79 Å². The van der Waals surface area contributed by atoms with Crippen LogP contribution in [-0.2, 0) is 6.61 Å². The molecule has 0 aliphatic heterocycles. The molecule has 92 valence electrons. The van der Waals surface area contributed by atoms with E-state index in [1.807, 2.05) is 30.3 Å². The van der Waals surface area contributed by atoms with Gasteiger partial charge >= 0.3 is 5.97 Å². The summed E-state index contributed by atoms with van der Waals surface area (Å²) in [5.74, 6) is -1.45. The Labute approximate surface area is 102 Å². The average molecular weight is 246 g/mol. The van der Waals surface area contributed by atoms with Gasteiger partial charge in [0.25, 0.3) is 5.43 Å². The molecule has 2 aromatic rings. The third-order valence-corrected chi connectivity index (χ3v) is 2.25. The first-order valence-corrected chi connectivity index (χ1v) is 5.16. The summed E-state index contributed by atoms with van der Waals surface area (Å²) in [6.07, 6.45) is 1.23. The number of H-pyrrole nitrogens is 1. The van der Waals surface area contributed by atoms with E-state index < -0.39 is 17.1 Å². The molecule has 0 spiro atoms. The lowest BCUT2D eigenvalue weighted by Crippen LogP contribution is -2.20. The average Bonchev–Trinajstić information content (AvgIpc) is 2.38. The van der Waals surface area contributed by atoms with Crippen molar-refractivity contribution in [3.05, 3.63) is 58.0 Å². The van der Waals surface area contributed by atoms with Gasteiger partial charge in [0.1, 0.15) is 6.61 Å². The Morgan fingerprint density at radius 1 is 1.33 bits per heavy atom. The molecule has 0 aliphatic rings. The van der Waals surface area contributed by atoms with Crippen molar-refractivity contribution in [3.8, 4) is 5.75 Å². The molecule has 1 aromatic carbocycles. The SMILES string of the molecule is O=C(O)c1n[nH]cc(OCc2ccccc2)c1=O. The number of carboxylic acids is 1. The first-order chi connectivity index (χ1) is 8.68. The summed E-state index contributed by atoms with van der Waals surface area (Å²) in [5.41, 5.74) is -0.441. The van der Waals surface area contributed by atoms with E-state index in [9.17, 15) is 9.59 Å². The highest BCUT2D eigenvalue weighted by Crippen LogP contribution is 2.06. The van der Waals surface area contributed by atoms with Crippen LogP contribution in [0.25, 0.3) is 0 Å². The first-order valence-electron chi connectivity index (χ1n) is 5.16. The van der Waals surface area contributed by atoms with Gasteiger partial charge in [0.2, 0.25) is 5.69 Å². The number of ether oxygens (including phenoxy) is 1. The number of aromatic carboxylic acids is 1. The van der Waals surface area contributed by atoms with Crippen molar-refractivity contribution in [1.82, 2.24) is 10.2 Å². The van der Waals surface area contributed by atoms with Crippen LogP contribution in [0, 0.1) is 0 Å². The molecule has 18 heavy (non-hydrogen) atoms. The standard InChI is InChI=1S/C12H10N2O4/c15-11-9(6-13-14-10(11)12(16)17)18-7-8-4-2-1-3-5-8/h1-6H,7H2,(H,13,15)(H,16,17). The number of aromatic amines is 1. The third-order valence-electron chi connectivity index (χ3n) is 2.25. The maximum atomic E-state index is 11.6. The molecule has 6 heteroatoms. The summed E-state index contributed by atoms with van der Waals surface area (Å²) >= 11 is 0. The van der Waals surface area contributed by atoms with Gasteiger partial charge in [-0.3, -0.25) is 9.89 Å². The Kier molecular flexibility index (Phi) is 3.38. The largest absolute Gasteiger partial charge is 0.483 e. The maximum absolute atomic E-state index is 11.6. The van der Waals surface area contributed by atoms with E-state index >= 15 is 0 Å². The number of rotatable bonds is 4. The van der Waals surface area contributed by atoms with Gasteiger partial charge in [-0.1, -0.05) is 30.3 Å². The lowest BCUT2D eigenvalue weighted by atomic mass is 10.2. The van der Waals surface area contributed by atoms with Crippen LogP contribution in [0.15, 0.2) is 41.3 Å². The smallest absolute Gasteiger partial charge is 0.360 e. The minimum atomic E-state index is -1.39. The van der Waals surface area contributed by atoms with E-state index in [0.717, 1.165) is 5.56 Å². The fourth-order valence-corrected chi connectivity index (χ4v) is 1.38. The van der Waals surface area contributed by atoms with Crippen LogP contribution in [0.1, 0.15) is 16.1 Å². The Hall–Kier alpha value is -2.63. The second-order valence-corrected chi connectivity index (χ2v) is 3.51. The number of hydrogen-bond donors (Lipinski definition) is 2. The normalized spacial score (nSPS) is 10.0. The predicted molar refractivity (Wildman–Crippen MR) is 62.6 cm³/mol. The summed E-state index contributed by atoms with van der Waals surface area (Å²) in [6, 6.07) is 9.24. The van der Waals surface area contributed by atoms with Gasteiger partial charge in [-0.15, -0.1) is 0 Å². The van der Waals surface area contributed by atoms with E-state index in [0.29, 0.717) is 0 Å². The van der Waals surface area contributed by atoms with Crippen LogP contribution in [0.2, 0.25) is 0 Å². The molecule has 0 fully saturated rings. The highest BCUT2D eigenvalue weighted by Gasteiger charge is 2.14. The second kappa shape index (κ2) is 5.13. The molecule has 0 bridgehead atoms. The van der Waals surface area contributed by atoms with Crippen molar-refractivity contribution in [3.63, 3.8) is 0 Å².